The fourth-order valence-corrected chi connectivity index (χ4v) is 5.42. The molecule has 4 N–H and O–H groups in total. The molecule has 1 aromatic heterocycles. The number of nitrogens with one attached hydrogen (secondary N) is 3. The quantitative estimate of drug-likeness (QED) is 0.209. The normalized spacial score (nSPS) is 15.2. The van der Waals surface area contributed by atoms with Gasteiger partial charge in [-0.05, 0) is 55.5 Å². The van der Waals surface area contributed by atoms with Crippen LogP contribution in [0, 0.1) is 12.8 Å². The van der Waals surface area contributed by atoms with E-state index in [1.165, 1.54) is 0 Å². The van der Waals surface area contributed by atoms with E-state index in [1.54, 1.807) is 26.0 Å². The van der Waals surface area contributed by atoms with E-state index < -0.39 is 23.4 Å². The van der Waals surface area contributed by atoms with Crippen LogP contribution in [0.5, 0.6) is 0 Å². The maximum atomic E-state index is 13.7. The standard InChI is InChI=1S/C31H32N4O5/c1-19-26(27(35-40-19)20-11-5-3-6-12-20)33-30(39)32-25-18-22-14-10-9-13-21(22)17-24(25)28(36)34-31(2,29(37)38)23-15-7-4-8-16-23/h3,5-6,9-14,17-18,23H,4,7-8,15-16H2,1-2H3,(H,34,36)(H,37,38)(H2,32,33,39)/t31-/m0/s1. The molecule has 1 saturated carbocycles. The molecule has 3 aromatic carbocycles. The van der Waals surface area contributed by atoms with E-state index in [1.807, 2.05) is 54.6 Å². The summed E-state index contributed by atoms with van der Waals surface area (Å²) < 4.78 is 5.34. The van der Waals surface area contributed by atoms with Gasteiger partial charge in [-0.25, -0.2) is 9.59 Å². The number of nitrogens with zero attached hydrogens (tertiary/aromatic N) is 1. The molecular formula is C31H32N4O5. The summed E-state index contributed by atoms with van der Waals surface area (Å²) in [6.07, 6.45) is 4.39. The van der Waals surface area contributed by atoms with Crippen molar-refractivity contribution in [1.82, 2.24) is 10.5 Å². The van der Waals surface area contributed by atoms with Gasteiger partial charge in [0.1, 0.15) is 16.9 Å². The minimum absolute atomic E-state index is 0.169. The summed E-state index contributed by atoms with van der Waals surface area (Å²) >= 11 is 0. The number of aryl methyl sites for hydroxylation is 1. The second-order valence-corrected chi connectivity index (χ2v) is 10.4. The van der Waals surface area contributed by atoms with E-state index in [-0.39, 0.29) is 17.2 Å². The summed E-state index contributed by atoms with van der Waals surface area (Å²) in [5, 5.41) is 24.3. The molecule has 4 aromatic rings. The summed E-state index contributed by atoms with van der Waals surface area (Å²) in [4.78, 5) is 39.4. The Labute approximate surface area is 231 Å². The molecule has 1 aliphatic rings. The third-order valence-corrected chi connectivity index (χ3v) is 7.77. The summed E-state index contributed by atoms with van der Waals surface area (Å²) in [6, 6.07) is 19.6. The van der Waals surface area contributed by atoms with E-state index in [2.05, 4.69) is 21.1 Å². The van der Waals surface area contributed by atoms with Crippen LogP contribution >= 0.6 is 0 Å². The number of benzene rings is 3. The molecule has 0 unspecified atom stereocenters. The van der Waals surface area contributed by atoms with Crippen molar-refractivity contribution in [3.8, 4) is 11.3 Å². The summed E-state index contributed by atoms with van der Waals surface area (Å²) in [5.74, 6) is -1.40. The molecule has 9 nitrogen and oxygen atoms in total. The zero-order valence-electron chi connectivity index (χ0n) is 22.5. The SMILES string of the molecule is Cc1onc(-c2ccccc2)c1NC(=O)Nc1cc2ccccc2cc1C(=O)N[C@](C)(C(=O)O)C1CCCCC1. The van der Waals surface area contributed by atoms with Gasteiger partial charge in [0, 0.05) is 5.56 Å². The van der Waals surface area contributed by atoms with Crippen molar-refractivity contribution >= 4 is 40.1 Å². The van der Waals surface area contributed by atoms with Crippen molar-refractivity contribution < 1.29 is 24.0 Å². The number of anilines is 2. The number of carboxylic acids is 1. The van der Waals surface area contributed by atoms with Crippen molar-refractivity contribution in [1.29, 1.82) is 0 Å². The van der Waals surface area contributed by atoms with Crippen molar-refractivity contribution in [2.24, 2.45) is 5.92 Å². The topological polar surface area (TPSA) is 134 Å². The monoisotopic (exact) mass is 540 g/mol. The Morgan fingerprint density at radius 1 is 0.925 bits per heavy atom. The second-order valence-electron chi connectivity index (χ2n) is 10.4. The number of carboxylic acid groups (broad SMARTS) is 1. The Balaban J connectivity index is 1.45. The van der Waals surface area contributed by atoms with Crippen LogP contribution in [0.3, 0.4) is 0 Å². The first-order chi connectivity index (χ1) is 19.3. The van der Waals surface area contributed by atoms with Crippen LogP contribution < -0.4 is 16.0 Å². The smallest absolute Gasteiger partial charge is 0.329 e. The molecule has 1 aliphatic carbocycles. The fourth-order valence-electron chi connectivity index (χ4n) is 5.42. The molecule has 0 spiro atoms. The van der Waals surface area contributed by atoms with Crippen LogP contribution in [0.15, 0.2) is 71.3 Å². The Kier molecular flexibility index (Phi) is 7.55. The van der Waals surface area contributed by atoms with E-state index in [4.69, 9.17) is 4.52 Å². The van der Waals surface area contributed by atoms with Gasteiger partial charge in [-0.2, -0.15) is 0 Å². The molecular weight excluding hydrogens is 508 g/mol. The molecule has 1 heterocycles. The zero-order valence-corrected chi connectivity index (χ0v) is 22.5. The van der Waals surface area contributed by atoms with Gasteiger partial charge in [-0.3, -0.25) is 4.79 Å². The molecule has 206 valence electrons. The Hall–Kier alpha value is -4.66. The molecule has 40 heavy (non-hydrogen) atoms. The first-order valence-electron chi connectivity index (χ1n) is 13.4. The van der Waals surface area contributed by atoms with Crippen LogP contribution in [0.4, 0.5) is 16.2 Å². The highest BCUT2D eigenvalue weighted by Crippen LogP contribution is 2.34. The van der Waals surface area contributed by atoms with Crippen LogP contribution in [-0.4, -0.2) is 33.7 Å². The number of aliphatic carboxylic acids is 1. The van der Waals surface area contributed by atoms with Gasteiger partial charge in [0.25, 0.3) is 5.91 Å². The molecule has 1 fully saturated rings. The molecule has 0 aliphatic heterocycles. The molecule has 5 rings (SSSR count). The van der Waals surface area contributed by atoms with Crippen LogP contribution in [0.25, 0.3) is 22.0 Å². The Morgan fingerprint density at radius 2 is 1.57 bits per heavy atom. The lowest BCUT2D eigenvalue weighted by Crippen LogP contribution is -2.57. The number of fused-ring (bicyclic) bond motifs is 1. The largest absolute Gasteiger partial charge is 0.480 e. The predicted molar refractivity (Wildman–Crippen MR) is 153 cm³/mol. The highest BCUT2D eigenvalue weighted by atomic mass is 16.5. The lowest BCUT2D eigenvalue weighted by atomic mass is 9.75. The predicted octanol–water partition coefficient (Wildman–Crippen LogP) is 6.60. The van der Waals surface area contributed by atoms with Gasteiger partial charge in [-0.1, -0.05) is 79.0 Å². The number of amides is 3. The van der Waals surface area contributed by atoms with Gasteiger partial charge in [-0.15, -0.1) is 0 Å². The Bertz CT molecular complexity index is 1560. The third-order valence-electron chi connectivity index (χ3n) is 7.77. The number of hydrogen-bond acceptors (Lipinski definition) is 5. The maximum Gasteiger partial charge on any atom is 0.329 e. The van der Waals surface area contributed by atoms with Crippen LogP contribution in [0.1, 0.15) is 55.1 Å². The summed E-state index contributed by atoms with van der Waals surface area (Å²) in [7, 11) is 0. The molecule has 3 amide bonds. The number of rotatable bonds is 7. The van der Waals surface area contributed by atoms with Crippen LogP contribution in [0.2, 0.25) is 0 Å². The Morgan fingerprint density at radius 3 is 2.25 bits per heavy atom. The fraction of sp³-hybridized carbons (Fsp3) is 0.290. The third kappa shape index (κ3) is 5.40. The molecule has 0 saturated heterocycles. The number of carbonyl (C=O) groups is 3. The number of carbonyl (C=O) groups excluding carboxylic acids is 2. The van der Waals surface area contributed by atoms with Gasteiger partial charge < -0.3 is 25.6 Å². The highest BCUT2D eigenvalue weighted by Gasteiger charge is 2.43. The lowest BCUT2D eigenvalue weighted by molar-refractivity contribution is -0.146. The second kappa shape index (κ2) is 11.2. The van der Waals surface area contributed by atoms with Crippen LogP contribution in [-0.2, 0) is 4.79 Å². The van der Waals surface area contributed by atoms with Gasteiger partial charge >= 0.3 is 12.0 Å². The summed E-state index contributed by atoms with van der Waals surface area (Å²) in [6.45, 7) is 3.27. The van der Waals surface area contributed by atoms with Crippen molar-refractivity contribution in [2.45, 2.75) is 51.5 Å². The minimum Gasteiger partial charge on any atom is -0.480 e. The van der Waals surface area contributed by atoms with E-state index in [9.17, 15) is 19.5 Å². The van der Waals surface area contributed by atoms with E-state index in [0.29, 0.717) is 17.1 Å². The van der Waals surface area contributed by atoms with Gasteiger partial charge in [0.05, 0.1) is 11.3 Å². The van der Waals surface area contributed by atoms with Crippen molar-refractivity contribution in [3.05, 3.63) is 78.1 Å². The van der Waals surface area contributed by atoms with E-state index in [0.717, 1.165) is 48.4 Å². The van der Waals surface area contributed by atoms with Crippen molar-refractivity contribution in [3.63, 3.8) is 0 Å². The lowest BCUT2D eigenvalue weighted by Gasteiger charge is -2.37. The first kappa shape index (κ1) is 26.9. The van der Waals surface area contributed by atoms with Gasteiger partial charge in [0.15, 0.2) is 5.76 Å². The minimum atomic E-state index is -1.44. The average molecular weight is 541 g/mol. The molecule has 0 radical (unpaired) electrons. The number of hydrogen-bond donors (Lipinski definition) is 4. The number of urea groups is 1. The highest BCUT2D eigenvalue weighted by molar-refractivity contribution is 6.11. The number of aromatic nitrogens is 1. The molecule has 9 heteroatoms. The summed E-state index contributed by atoms with van der Waals surface area (Å²) in [5.41, 5.74) is 0.645. The van der Waals surface area contributed by atoms with Gasteiger partial charge in [0.2, 0.25) is 0 Å². The van der Waals surface area contributed by atoms with E-state index >= 15 is 0 Å². The zero-order chi connectivity index (χ0) is 28.3. The van der Waals surface area contributed by atoms with Crippen molar-refractivity contribution in [2.75, 3.05) is 10.6 Å². The maximum absolute atomic E-state index is 13.7. The molecule has 0 bridgehead atoms. The molecule has 1 atom stereocenters. The average Bonchev–Trinajstić information content (AvgIpc) is 3.32. The first-order valence-corrected chi connectivity index (χ1v) is 13.4.